The van der Waals surface area contributed by atoms with E-state index in [1.807, 2.05) is 0 Å². The molecule has 6 heteroatoms. The van der Waals surface area contributed by atoms with Crippen LogP contribution in [0.4, 0.5) is 0 Å². The molecule has 0 bridgehead atoms. The summed E-state index contributed by atoms with van der Waals surface area (Å²) in [4.78, 5) is 0. The zero-order chi connectivity index (χ0) is 7.44. The Morgan fingerprint density at radius 1 is 1.56 bits per heavy atom. The van der Waals surface area contributed by atoms with E-state index in [4.69, 9.17) is 4.18 Å². The molecule has 0 saturated heterocycles. The molecule has 56 valence electrons. The molecule has 2 nitrogen and oxygen atoms in total. The van der Waals surface area contributed by atoms with Gasteiger partial charge in [-0.05, 0) is 36.2 Å². The van der Waals surface area contributed by atoms with Crippen molar-refractivity contribution in [1.29, 1.82) is 0 Å². The Labute approximate surface area is 66.9 Å². The second-order valence-electron chi connectivity index (χ2n) is 1.59. The van der Waals surface area contributed by atoms with Crippen LogP contribution in [0, 0.1) is 0 Å². The zero-order valence-corrected chi connectivity index (χ0v) is 8.41. The summed E-state index contributed by atoms with van der Waals surface area (Å²) in [6.07, 6.45) is -0.0467. The van der Waals surface area contributed by atoms with E-state index in [0.717, 1.165) is 0 Å². The van der Waals surface area contributed by atoms with Crippen molar-refractivity contribution in [2.45, 2.75) is 20.0 Å². The van der Waals surface area contributed by atoms with E-state index in [9.17, 15) is 4.21 Å². The lowest BCUT2D eigenvalue weighted by Gasteiger charge is -1.97. The highest BCUT2D eigenvalue weighted by molar-refractivity contribution is 8.63. The average Bonchev–Trinajstić information content (AvgIpc) is 1.63. The molecule has 0 radical (unpaired) electrons. The quantitative estimate of drug-likeness (QED) is 0.653. The Hall–Kier alpha value is 0.770. The van der Waals surface area contributed by atoms with Crippen LogP contribution in [0.2, 0.25) is 0 Å². The van der Waals surface area contributed by atoms with E-state index >= 15 is 0 Å². The number of hydrogen-bond donors (Lipinski definition) is 1. The van der Waals surface area contributed by atoms with Gasteiger partial charge in [0.05, 0.1) is 6.10 Å². The number of hydrogen-bond acceptors (Lipinski definition) is 4. The molecule has 1 unspecified atom stereocenters. The third-order valence-corrected chi connectivity index (χ3v) is 4.44. The summed E-state index contributed by atoms with van der Waals surface area (Å²) in [6, 6.07) is 0. The second-order valence-corrected chi connectivity index (χ2v) is 8.79. The van der Waals surface area contributed by atoms with Crippen molar-refractivity contribution in [3.63, 3.8) is 0 Å². The summed E-state index contributed by atoms with van der Waals surface area (Å²) >= 11 is 9.11. The molecule has 0 heterocycles. The van der Waals surface area contributed by atoms with Gasteiger partial charge in [-0.15, -0.1) is 0 Å². The Balaban J connectivity index is 4.30. The summed E-state index contributed by atoms with van der Waals surface area (Å²) in [5, 5.41) is 0. The maximum atomic E-state index is 10.7. The van der Waals surface area contributed by atoms with Crippen LogP contribution in [-0.4, -0.2) is 10.3 Å². The van der Waals surface area contributed by atoms with Crippen LogP contribution >= 0.6 is 0 Å². The van der Waals surface area contributed by atoms with Crippen molar-refractivity contribution >= 4 is 38.6 Å². The van der Waals surface area contributed by atoms with Crippen LogP contribution in [0.5, 0.6) is 0 Å². The van der Waals surface area contributed by atoms with Crippen molar-refractivity contribution < 1.29 is 8.39 Å². The van der Waals surface area contributed by atoms with Crippen molar-refractivity contribution in [2.24, 2.45) is 0 Å². The highest BCUT2D eigenvalue weighted by Gasteiger charge is 1.89. The molecule has 0 rings (SSSR count). The fourth-order valence-corrected chi connectivity index (χ4v) is 1.98. The van der Waals surface area contributed by atoms with Crippen LogP contribution in [0.25, 0.3) is 0 Å². The van der Waals surface area contributed by atoms with Gasteiger partial charge in [-0.1, -0.05) is 0 Å². The molecule has 0 aliphatic carbocycles. The minimum absolute atomic E-state index is 0.0467. The fraction of sp³-hybridized carbons (Fsp3) is 1.00. The zero-order valence-electron chi connectivity index (χ0n) is 5.07. The van der Waals surface area contributed by atoms with Crippen LogP contribution in [0.15, 0.2) is 0 Å². The fourth-order valence-electron chi connectivity index (χ4n) is 0.207. The monoisotopic (exact) mass is 204 g/mol. The number of thiol groups is 1. The van der Waals surface area contributed by atoms with Gasteiger partial charge in [0.2, 0.25) is 0 Å². The summed E-state index contributed by atoms with van der Waals surface area (Å²) in [5.74, 6) is 0. The molecule has 0 aromatic rings. The summed E-state index contributed by atoms with van der Waals surface area (Å²) in [6.45, 7) is 2.67. The number of rotatable bonds is 2. The van der Waals surface area contributed by atoms with Gasteiger partial charge in [-0.25, -0.2) is 4.21 Å². The maximum absolute atomic E-state index is 10.7. The van der Waals surface area contributed by atoms with E-state index in [0.29, 0.717) is 0 Å². The lowest BCUT2D eigenvalue weighted by atomic mass is 10.5. The second kappa shape index (κ2) is 4.56. The Kier molecular flexibility index (Phi) is 4.96. The van der Waals surface area contributed by atoms with Gasteiger partial charge in [0.25, 0.3) is 0 Å². The van der Waals surface area contributed by atoms with Crippen LogP contribution < -0.4 is 0 Å². The highest BCUT2D eigenvalue weighted by Crippen LogP contribution is 1.86. The van der Waals surface area contributed by atoms with E-state index in [1.165, 1.54) is 0 Å². The third-order valence-electron chi connectivity index (χ3n) is 0.419. The van der Waals surface area contributed by atoms with Crippen LogP contribution in [0.3, 0.4) is 0 Å². The molecule has 0 aromatic heterocycles. The van der Waals surface area contributed by atoms with Crippen LogP contribution in [-0.2, 0) is 42.8 Å². The first-order chi connectivity index (χ1) is 4.04. The van der Waals surface area contributed by atoms with Gasteiger partial charge in [-0.3, -0.25) is 4.18 Å². The van der Waals surface area contributed by atoms with Crippen LogP contribution in [0.1, 0.15) is 13.8 Å². The normalized spacial score (nSPS) is 13.7. The minimum Gasteiger partial charge on any atom is -0.289 e. The predicted molar refractivity (Wildman–Crippen MR) is 47.9 cm³/mol. The van der Waals surface area contributed by atoms with E-state index in [-0.39, 0.29) is 6.10 Å². The lowest BCUT2D eigenvalue weighted by Crippen LogP contribution is -1.99. The van der Waals surface area contributed by atoms with Gasteiger partial charge in [0.15, 0.2) is 0 Å². The molecule has 0 aromatic carbocycles. The topological polar surface area (TPSA) is 26.3 Å². The summed E-state index contributed by atoms with van der Waals surface area (Å²) in [5.41, 5.74) is 0. The summed E-state index contributed by atoms with van der Waals surface area (Å²) in [7, 11) is -1.77. The largest absolute Gasteiger partial charge is 0.289 e. The highest BCUT2D eigenvalue weighted by atomic mass is 33.3. The SMILES string of the molecule is CC(C)O[SH](=O)=S(=S)=S. The average molecular weight is 204 g/mol. The standard InChI is InChI=1S/C3H8O2S4/c1-3(2)5-8(4)9(6)7/h3,8H,1-2H3. The molecule has 0 amide bonds. The molecular formula is C3H8O2S4. The van der Waals surface area contributed by atoms with Gasteiger partial charge >= 0.3 is 0 Å². The first-order valence-corrected chi connectivity index (χ1v) is 7.13. The first kappa shape index (κ1) is 9.77. The minimum atomic E-state index is -1.77. The Morgan fingerprint density at radius 2 is 2.00 bits per heavy atom. The van der Waals surface area contributed by atoms with Gasteiger partial charge in [0, 0.05) is 6.57 Å². The smallest absolute Gasteiger partial charge is 0.133 e. The molecular weight excluding hydrogens is 196 g/mol. The van der Waals surface area contributed by atoms with Crippen molar-refractivity contribution in [3.8, 4) is 0 Å². The lowest BCUT2D eigenvalue weighted by molar-refractivity contribution is 0.277. The molecule has 0 spiro atoms. The van der Waals surface area contributed by atoms with Gasteiger partial charge < -0.3 is 0 Å². The third kappa shape index (κ3) is 5.23. The Bertz CT molecular complexity index is 235. The van der Waals surface area contributed by atoms with Crippen molar-refractivity contribution in [3.05, 3.63) is 0 Å². The molecule has 1 atom stereocenters. The molecule has 0 fully saturated rings. The van der Waals surface area contributed by atoms with Gasteiger partial charge in [-0.2, -0.15) is 0 Å². The van der Waals surface area contributed by atoms with Crippen molar-refractivity contribution in [1.82, 2.24) is 0 Å². The molecule has 9 heavy (non-hydrogen) atoms. The molecule has 0 aliphatic heterocycles. The summed E-state index contributed by atoms with van der Waals surface area (Å²) < 4.78 is 15.5. The first-order valence-electron chi connectivity index (χ1n) is 2.27. The molecule has 0 saturated carbocycles. The van der Waals surface area contributed by atoms with Gasteiger partial charge in [0.1, 0.15) is 9.64 Å². The van der Waals surface area contributed by atoms with Crippen molar-refractivity contribution in [2.75, 3.05) is 0 Å². The predicted octanol–water partition coefficient (Wildman–Crippen LogP) is 0.265. The van der Waals surface area contributed by atoms with E-state index in [1.54, 1.807) is 13.8 Å². The molecule has 0 aliphatic rings. The van der Waals surface area contributed by atoms with E-state index < -0.39 is 16.2 Å². The Morgan fingerprint density at radius 3 is 2.11 bits per heavy atom. The maximum Gasteiger partial charge on any atom is 0.133 e. The molecule has 0 N–H and O–H groups in total. The van der Waals surface area contributed by atoms with E-state index in [2.05, 4.69) is 22.4 Å².